The number of piperidine rings is 1. The first-order chi connectivity index (χ1) is 18.9. The van der Waals surface area contributed by atoms with Crippen LogP contribution in [0.4, 0.5) is 4.79 Å². The fourth-order valence-electron chi connectivity index (χ4n) is 5.42. The van der Waals surface area contributed by atoms with Gasteiger partial charge in [-0.3, -0.25) is 9.59 Å². The Kier molecular flexibility index (Phi) is 6.85. The monoisotopic (exact) mass is 548 g/mol. The van der Waals surface area contributed by atoms with Crippen LogP contribution in [0.1, 0.15) is 44.0 Å². The van der Waals surface area contributed by atoms with E-state index >= 15 is 0 Å². The van der Waals surface area contributed by atoms with Gasteiger partial charge < -0.3 is 33.4 Å². The lowest BCUT2D eigenvalue weighted by atomic mass is 10.0. The number of hydrogen-bond acceptors (Lipinski definition) is 6. The Morgan fingerprint density at radius 2 is 1.82 bits per heavy atom. The number of methoxy groups -OCH3 is 1. The average molecular weight is 549 g/mol. The largest absolute Gasteiger partial charge is 0.494 e. The van der Waals surface area contributed by atoms with Crippen molar-refractivity contribution in [1.29, 1.82) is 0 Å². The predicted molar refractivity (Wildman–Crippen MR) is 153 cm³/mol. The molecule has 1 aromatic carbocycles. The van der Waals surface area contributed by atoms with Gasteiger partial charge in [0.15, 0.2) is 5.82 Å². The quantitative estimate of drug-likeness (QED) is 0.417. The Hall–Kier alpha value is -4.28. The number of carbonyl (C=O) groups is 2. The Labute approximate surface area is 232 Å². The molecule has 2 amide bonds. The van der Waals surface area contributed by atoms with Crippen molar-refractivity contribution in [2.24, 2.45) is 21.1 Å². The van der Waals surface area contributed by atoms with Crippen LogP contribution < -0.4 is 15.6 Å². The molecule has 0 unspecified atom stereocenters. The molecule has 212 valence electrons. The average Bonchev–Trinajstić information content (AvgIpc) is 3.40. The molecule has 5 rings (SSSR count). The van der Waals surface area contributed by atoms with E-state index in [-0.39, 0.29) is 17.5 Å². The number of alkyl carbamates (subject to hydrolysis) is 1. The smallest absolute Gasteiger partial charge is 0.407 e. The van der Waals surface area contributed by atoms with E-state index in [0.717, 1.165) is 29.4 Å². The number of nitrogens with zero attached hydrogens (tertiary/aromatic N) is 5. The highest BCUT2D eigenvalue weighted by Crippen LogP contribution is 2.33. The second-order valence-corrected chi connectivity index (χ2v) is 11.4. The molecule has 3 aromatic heterocycles. The van der Waals surface area contributed by atoms with Crippen molar-refractivity contribution in [1.82, 2.24) is 28.9 Å². The number of benzene rings is 1. The van der Waals surface area contributed by atoms with E-state index in [2.05, 4.69) is 5.32 Å². The number of pyridine rings is 1. The summed E-state index contributed by atoms with van der Waals surface area (Å²) < 4.78 is 16.4. The van der Waals surface area contributed by atoms with Crippen LogP contribution in [0.2, 0.25) is 0 Å². The first-order valence-corrected chi connectivity index (χ1v) is 13.4. The number of rotatable bonds is 4. The molecule has 1 N–H and O–H groups in total. The lowest BCUT2D eigenvalue weighted by Crippen LogP contribution is -2.50. The Morgan fingerprint density at radius 3 is 2.52 bits per heavy atom. The van der Waals surface area contributed by atoms with Gasteiger partial charge in [-0.1, -0.05) is 0 Å². The molecular formula is C29H36N6O5. The van der Waals surface area contributed by atoms with Crippen molar-refractivity contribution in [3.63, 3.8) is 0 Å². The lowest BCUT2D eigenvalue weighted by molar-refractivity contribution is 0.0452. The van der Waals surface area contributed by atoms with Crippen LogP contribution in [0, 0.1) is 0 Å². The second-order valence-electron chi connectivity index (χ2n) is 11.4. The zero-order valence-corrected chi connectivity index (χ0v) is 24.1. The summed E-state index contributed by atoms with van der Waals surface area (Å²) in [7, 11) is 7.04. The molecule has 1 saturated heterocycles. The molecule has 0 aliphatic carbocycles. The fraction of sp³-hybridized carbons (Fsp3) is 0.448. The summed E-state index contributed by atoms with van der Waals surface area (Å²) in [6.07, 6.45) is 2.80. The molecular weight excluding hydrogens is 512 g/mol. The number of likely N-dealkylation sites (tertiary alicyclic amines) is 1. The minimum absolute atomic E-state index is 0.0866. The van der Waals surface area contributed by atoms with E-state index < -0.39 is 11.7 Å². The third-order valence-electron chi connectivity index (χ3n) is 7.32. The maximum Gasteiger partial charge on any atom is 0.407 e. The molecule has 1 atom stereocenters. The molecule has 0 bridgehead atoms. The van der Waals surface area contributed by atoms with Gasteiger partial charge in [-0.2, -0.15) is 0 Å². The van der Waals surface area contributed by atoms with Crippen molar-refractivity contribution in [3.05, 3.63) is 46.4 Å². The number of imidazole rings is 1. The number of fused-ring (bicyclic) bond motifs is 2. The number of amides is 2. The molecule has 4 heterocycles. The summed E-state index contributed by atoms with van der Waals surface area (Å²) in [5.74, 6) is 1.02. The van der Waals surface area contributed by atoms with E-state index in [4.69, 9.17) is 14.5 Å². The van der Waals surface area contributed by atoms with Crippen molar-refractivity contribution in [2.45, 2.75) is 45.3 Å². The van der Waals surface area contributed by atoms with Crippen LogP contribution >= 0.6 is 0 Å². The highest BCUT2D eigenvalue weighted by molar-refractivity contribution is 6.00. The fourth-order valence-corrected chi connectivity index (χ4v) is 5.42. The zero-order chi connectivity index (χ0) is 28.9. The Morgan fingerprint density at radius 1 is 1.07 bits per heavy atom. The van der Waals surface area contributed by atoms with Gasteiger partial charge in [0.1, 0.15) is 22.4 Å². The normalized spacial score (nSPS) is 16.0. The summed E-state index contributed by atoms with van der Waals surface area (Å²) in [4.78, 5) is 45.3. The van der Waals surface area contributed by atoms with Gasteiger partial charge in [-0.15, -0.1) is 0 Å². The first kappa shape index (κ1) is 27.3. The van der Waals surface area contributed by atoms with Crippen molar-refractivity contribution < 1.29 is 19.1 Å². The maximum atomic E-state index is 13.6. The SMILES string of the molecule is COc1cc(C(=O)N2CCC[C@@H](NC(=O)OC(C)(C)C)C2)cc2nc(-c3cc4ccn(C)c(=O)c4n3C)n(C)c12. The standard InChI is InChI=1S/C29H36N6O5/c1-29(2,3)40-28(38)30-19-9-8-11-35(16-19)26(36)18-13-20-24(22(15-18)39-7)34(6)25(31-20)21-14-17-10-12-32(4)27(37)23(17)33(21)5/h10,12-15,19H,8-9,11,16H2,1-7H3,(H,30,38)/t19-/m1/s1. The van der Waals surface area contributed by atoms with E-state index in [1.54, 1.807) is 42.0 Å². The van der Waals surface area contributed by atoms with E-state index in [1.807, 2.05) is 56.1 Å². The summed E-state index contributed by atoms with van der Waals surface area (Å²) in [6.45, 7) is 6.42. The number of carbonyl (C=O) groups excluding carboxylic acids is 2. The number of nitrogens with one attached hydrogen (secondary N) is 1. The molecule has 11 nitrogen and oxygen atoms in total. The topological polar surface area (TPSA) is 113 Å². The van der Waals surface area contributed by atoms with Gasteiger partial charge in [0.05, 0.1) is 18.3 Å². The molecule has 1 fully saturated rings. The molecule has 0 radical (unpaired) electrons. The highest BCUT2D eigenvalue weighted by atomic mass is 16.6. The number of ether oxygens (including phenoxy) is 2. The molecule has 40 heavy (non-hydrogen) atoms. The van der Waals surface area contributed by atoms with Gasteiger partial charge in [0, 0.05) is 57.4 Å². The van der Waals surface area contributed by atoms with Crippen LogP contribution in [0.25, 0.3) is 33.5 Å². The van der Waals surface area contributed by atoms with Gasteiger partial charge in [0.2, 0.25) is 0 Å². The van der Waals surface area contributed by atoms with Crippen LogP contribution in [0.15, 0.2) is 35.3 Å². The zero-order valence-electron chi connectivity index (χ0n) is 24.1. The minimum atomic E-state index is -0.594. The summed E-state index contributed by atoms with van der Waals surface area (Å²) >= 11 is 0. The van der Waals surface area contributed by atoms with Gasteiger partial charge in [0.25, 0.3) is 11.5 Å². The van der Waals surface area contributed by atoms with Crippen molar-refractivity contribution in [3.8, 4) is 17.3 Å². The molecule has 4 aromatic rings. The Balaban J connectivity index is 1.47. The second kappa shape index (κ2) is 10.0. The summed E-state index contributed by atoms with van der Waals surface area (Å²) in [6, 6.07) is 7.17. The summed E-state index contributed by atoms with van der Waals surface area (Å²) in [5.41, 5.74) is 2.50. The van der Waals surface area contributed by atoms with E-state index in [9.17, 15) is 14.4 Å². The lowest BCUT2D eigenvalue weighted by Gasteiger charge is -2.33. The molecule has 1 aliphatic heterocycles. The molecule has 1 aliphatic rings. The predicted octanol–water partition coefficient (Wildman–Crippen LogP) is 3.57. The third-order valence-corrected chi connectivity index (χ3v) is 7.32. The third kappa shape index (κ3) is 4.91. The molecule has 0 spiro atoms. The van der Waals surface area contributed by atoms with Crippen LogP contribution in [-0.4, -0.2) is 67.4 Å². The first-order valence-electron chi connectivity index (χ1n) is 13.4. The Bertz CT molecular complexity index is 1690. The number of aromatic nitrogens is 4. The van der Waals surface area contributed by atoms with E-state index in [0.29, 0.717) is 41.3 Å². The molecule has 0 saturated carbocycles. The van der Waals surface area contributed by atoms with Gasteiger partial charge >= 0.3 is 6.09 Å². The van der Waals surface area contributed by atoms with Gasteiger partial charge in [-0.05, 0) is 57.9 Å². The van der Waals surface area contributed by atoms with Crippen LogP contribution in [0.3, 0.4) is 0 Å². The summed E-state index contributed by atoms with van der Waals surface area (Å²) in [5, 5.41) is 3.72. The van der Waals surface area contributed by atoms with Crippen LogP contribution in [0.5, 0.6) is 5.75 Å². The minimum Gasteiger partial charge on any atom is -0.494 e. The van der Waals surface area contributed by atoms with Crippen LogP contribution in [-0.2, 0) is 25.9 Å². The highest BCUT2D eigenvalue weighted by Gasteiger charge is 2.28. The maximum absolute atomic E-state index is 13.6. The molecule has 11 heteroatoms. The number of hydrogen-bond donors (Lipinski definition) is 1. The van der Waals surface area contributed by atoms with Crippen molar-refractivity contribution >= 4 is 33.9 Å². The van der Waals surface area contributed by atoms with Crippen molar-refractivity contribution in [2.75, 3.05) is 20.2 Å². The van der Waals surface area contributed by atoms with Gasteiger partial charge in [-0.25, -0.2) is 9.78 Å². The van der Waals surface area contributed by atoms with E-state index in [1.165, 1.54) is 0 Å². The number of aryl methyl sites for hydroxylation is 3.